The van der Waals surface area contributed by atoms with Crippen LogP contribution in [0.25, 0.3) is 0 Å². The number of carbonyl (C=O) groups is 1. The third-order valence-electron chi connectivity index (χ3n) is 2.63. The van der Waals surface area contributed by atoms with Gasteiger partial charge in [-0.3, -0.25) is 4.79 Å². The van der Waals surface area contributed by atoms with Crippen molar-refractivity contribution in [3.8, 4) is 0 Å². The molecule has 1 heterocycles. The van der Waals surface area contributed by atoms with E-state index in [0.29, 0.717) is 18.9 Å². The van der Waals surface area contributed by atoms with E-state index in [-0.39, 0.29) is 0 Å². The van der Waals surface area contributed by atoms with E-state index in [2.05, 4.69) is 20.6 Å². The van der Waals surface area contributed by atoms with Crippen molar-refractivity contribution in [3.05, 3.63) is 18.0 Å². The molecule has 0 spiro atoms. The lowest BCUT2D eigenvalue weighted by Crippen LogP contribution is -2.36. The van der Waals surface area contributed by atoms with Gasteiger partial charge in [-0.15, -0.1) is 0 Å². The van der Waals surface area contributed by atoms with E-state index in [1.54, 1.807) is 19.4 Å². The number of unbranched alkanes of at least 4 members (excludes halogenated alkanes) is 1. The third kappa shape index (κ3) is 4.67. The van der Waals surface area contributed by atoms with Crippen LogP contribution in [0.15, 0.2) is 12.4 Å². The standard InChI is InChI=1S/C12H20N4O2/c1-3-4-5-10(11(17)18)14-6-9-7-15-12(13-2)16-8-9/h7-8,10,14H,3-6H2,1-2H3,(H,17,18)(H,13,15,16)/t10-/m0/s1. The molecule has 0 amide bonds. The largest absolute Gasteiger partial charge is 0.480 e. The maximum Gasteiger partial charge on any atom is 0.320 e. The molecule has 3 N–H and O–H groups in total. The van der Waals surface area contributed by atoms with Gasteiger partial charge in [0.05, 0.1) is 0 Å². The molecule has 6 heteroatoms. The van der Waals surface area contributed by atoms with E-state index >= 15 is 0 Å². The van der Waals surface area contributed by atoms with Crippen molar-refractivity contribution in [2.24, 2.45) is 0 Å². The highest BCUT2D eigenvalue weighted by Gasteiger charge is 2.15. The van der Waals surface area contributed by atoms with E-state index in [1.165, 1.54) is 0 Å². The maximum atomic E-state index is 11.0. The molecule has 0 saturated carbocycles. The highest BCUT2D eigenvalue weighted by Crippen LogP contribution is 2.04. The second kappa shape index (κ2) is 7.60. The summed E-state index contributed by atoms with van der Waals surface area (Å²) in [5, 5.41) is 14.9. The molecule has 1 atom stereocenters. The minimum absolute atomic E-state index is 0.463. The fourth-order valence-corrected chi connectivity index (χ4v) is 1.54. The first-order chi connectivity index (χ1) is 8.67. The number of carboxylic acids is 1. The van der Waals surface area contributed by atoms with Crippen LogP contribution < -0.4 is 10.6 Å². The Kier molecular flexibility index (Phi) is 6.07. The monoisotopic (exact) mass is 252 g/mol. The zero-order valence-corrected chi connectivity index (χ0v) is 10.8. The van der Waals surface area contributed by atoms with Crippen LogP contribution in [0.2, 0.25) is 0 Å². The van der Waals surface area contributed by atoms with Gasteiger partial charge in [0.25, 0.3) is 0 Å². The van der Waals surface area contributed by atoms with Crippen molar-refractivity contribution in [2.75, 3.05) is 12.4 Å². The Hall–Kier alpha value is -1.69. The van der Waals surface area contributed by atoms with Gasteiger partial charge in [0.2, 0.25) is 5.95 Å². The first-order valence-electron chi connectivity index (χ1n) is 6.12. The van der Waals surface area contributed by atoms with Gasteiger partial charge < -0.3 is 15.7 Å². The summed E-state index contributed by atoms with van der Waals surface area (Å²) in [7, 11) is 1.75. The molecule has 0 saturated heterocycles. The number of hydrogen-bond acceptors (Lipinski definition) is 5. The summed E-state index contributed by atoms with van der Waals surface area (Å²) < 4.78 is 0. The van der Waals surface area contributed by atoms with Gasteiger partial charge in [-0.2, -0.15) is 0 Å². The number of aromatic nitrogens is 2. The van der Waals surface area contributed by atoms with Gasteiger partial charge in [-0.1, -0.05) is 19.8 Å². The first kappa shape index (κ1) is 14.4. The summed E-state index contributed by atoms with van der Waals surface area (Å²) >= 11 is 0. The van der Waals surface area contributed by atoms with Crippen LogP contribution in [0.5, 0.6) is 0 Å². The molecule has 18 heavy (non-hydrogen) atoms. The van der Waals surface area contributed by atoms with Crippen molar-refractivity contribution >= 4 is 11.9 Å². The Morgan fingerprint density at radius 2 is 2.11 bits per heavy atom. The van der Waals surface area contributed by atoms with Crippen LogP contribution in [0, 0.1) is 0 Å². The molecular formula is C12H20N4O2. The molecule has 6 nitrogen and oxygen atoms in total. The molecule has 1 aromatic heterocycles. The number of hydrogen-bond donors (Lipinski definition) is 3. The predicted octanol–water partition coefficient (Wildman–Crippen LogP) is 1.25. The summed E-state index contributed by atoms with van der Waals surface area (Å²) in [5.41, 5.74) is 0.872. The van der Waals surface area contributed by atoms with Crippen LogP contribution >= 0.6 is 0 Å². The molecule has 0 radical (unpaired) electrons. The summed E-state index contributed by atoms with van der Waals surface area (Å²) in [5.74, 6) is -0.254. The topological polar surface area (TPSA) is 87.1 Å². The molecule has 0 unspecified atom stereocenters. The fraction of sp³-hybridized carbons (Fsp3) is 0.583. The van der Waals surface area contributed by atoms with Crippen molar-refractivity contribution in [1.82, 2.24) is 15.3 Å². The number of rotatable bonds is 8. The van der Waals surface area contributed by atoms with Crippen molar-refractivity contribution in [2.45, 2.75) is 38.8 Å². The van der Waals surface area contributed by atoms with Crippen molar-refractivity contribution < 1.29 is 9.90 Å². The van der Waals surface area contributed by atoms with Crippen LogP contribution in [-0.4, -0.2) is 34.1 Å². The highest BCUT2D eigenvalue weighted by atomic mass is 16.4. The lowest BCUT2D eigenvalue weighted by Gasteiger charge is -2.13. The Labute approximate surface area is 107 Å². The maximum absolute atomic E-state index is 11.0. The quantitative estimate of drug-likeness (QED) is 0.645. The summed E-state index contributed by atoms with van der Waals surface area (Å²) in [6, 6.07) is -0.506. The highest BCUT2D eigenvalue weighted by molar-refractivity contribution is 5.73. The zero-order chi connectivity index (χ0) is 13.4. The Morgan fingerprint density at radius 1 is 1.44 bits per heavy atom. The number of nitrogens with one attached hydrogen (secondary N) is 2. The molecular weight excluding hydrogens is 232 g/mol. The van der Waals surface area contributed by atoms with Crippen molar-refractivity contribution in [1.29, 1.82) is 0 Å². The van der Waals surface area contributed by atoms with Gasteiger partial charge in [0.1, 0.15) is 6.04 Å². The van der Waals surface area contributed by atoms with Gasteiger partial charge in [-0.25, -0.2) is 9.97 Å². The van der Waals surface area contributed by atoms with E-state index in [4.69, 9.17) is 5.11 Å². The Bertz CT molecular complexity index is 367. The summed E-state index contributed by atoms with van der Waals surface area (Å²) in [6.07, 6.45) is 5.90. The smallest absolute Gasteiger partial charge is 0.320 e. The minimum Gasteiger partial charge on any atom is -0.480 e. The molecule has 0 aliphatic rings. The van der Waals surface area contributed by atoms with E-state index < -0.39 is 12.0 Å². The first-order valence-corrected chi connectivity index (χ1v) is 6.12. The zero-order valence-electron chi connectivity index (χ0n) is 10.8. The molecule has 1 aromatic rings. The Balaban J connectivity index is 2.47. The van der Waals surface area contributed by atoms with Gasteiger partial charge >= 0.3 is 5.97 Å². The van der Waals surface area contributed by atoms with Crippen molar-refractivity contribution in [3.63, 3.8) is 0 Å². The molecule has 0 aliphatic heterocycles. The normalized spacial score (nSPS) is 12.1. The fourth-order valence-electron chi connectivity index (χ4n) is 1.54. The molecule has 1 rings (SSSR count). The minimum atomic E-state index is -0.809. The van der Waals surface area contributed by atoms with Crippen LogP contribution in [-0.2, 0) is 11.3 Å². The van der Waals surface area contributed by atoms with Gasteiger partial charge in [-0.05, 0) is 6.42 Å². The second-order valence-electron chi connectivity index (χ2n) is 4.08. The lowest BCUT2D eigenvalue weighted by atomic mass is 10.1. The molecule has 100 valence electrons. The number of aliphatic carboxylic acids is 1. The van der Waals surface area contributed by atoms with Crippen LogP contribution in [0.4, 0.5) is 5.95 Å². The molecule has 0 fully saturated rings. The molecule has 0 aliphatic carbocycles. The third-order valence-corrected chi connectivity index (χ3v) is 2.63. The van der Waals surface area contributed by atoms with Gasteiger partial charge in [0.15, 0.2) is 0 Å². The van der Waals surface area contributed by atoms with E-state index in [1.807, 2.05) is 6.92 Å². The van der Waals surface area contributed by atoms with Gasteiger partial charge in [0, 0.05) is 31.5 Å². The lowest BCUT2D eigenvalue weighted by molar-refractivity contribution is -0.139. The average Bonchev–Trinajstić information content (AvgIpc) is 2.39. The Morgan fingerprint density at radius 3 is 2.61 bits per heavy atom. The SMILES string of the molecule is CCCC[C@H](NCc1cnc(NC)nc1)C(=O)O. The predicted molar refractivity (Wildman–Crippen MR) is 69.4 cm³/mol. The van der Waals surface area contributed by atoms with E-state index in [9.17, 15) is 4.79 Å². The second-order valence-corrected chi connectivity index (χ2v) is 4.08. The number of anilines is 1. The summed E-state index contributed by atoms with van der Waals surface area (Å²) in [6.45, 7) is 2.51. The van der Waals surface area contributed by atoms with Crippen LogP contribution in [0.3, 0.4) is 0 Å². The molecule has 0 aromatic carbocycles. The van der Waals surface area contributed by atoms with E-state index in [0.717, 1.165) is 18.4 Å². The molecule has 0 bridgehead atoms. The number of nitrogens with zero attached hydrogens (tertiary/aromatic N) is 2. The average molecular weight is 252 g/mol. The number of carboxylic acid groups (broad SMARTS) is 1. The van der Waals surface area contributed by atoms with Crippen LogP contribution in [0.1, 0.15) is 31.7 Å². The summed E-state index contributed by atoms with van der Waals surface area (Å²) in [4.78, 5) is 19.2.